The summed E-state index contributed by atoms with van der Waals surface area (Å²) < 4.78 is 0. The molecule has 16 heavy (non-hydrogen) atoms. The number of hydrogen-bond donors (Lipinski definition) is 2. The lowest BCUT2D eigenvalue weighted by Gasteiger charge is -1.98. The van der Waals surface area contributed by atoms with E-state index in [-0.39, 0.29) is 6.42 Å². The van der Waals surface area contributed by atoms with Crippen molar-refractivity contribution >= 4 is 16.9 Å². The van der Waals surface area contributed by atoms with Crippen LogP contribution in [0.25, 0.3) is 10.9 Å². The van der Waals surface area contributed by atoms with E-state index in [1.165, 1.54) is 16.5 Å². The molecule has 2 N–H and O–H groups in total. The lowest BCUT2D eigenvalue weighted by molar-refractivity contribution is -0.136. The van der Waals surface area contributed by atoms with Gasteiger partial charge in [0.1, 0.15) is 0 Å². The summed E-state index contributed by atoms with van der Waals surface area (Å²) in [5.74, 6) is -0.757. The van der Waals surface area contributed by atoms with Gasteiger partial charge < -0.3 is 10.1 Å². The average molecular weight is 217 g/mol. The fourth-order valence-electron chi connectivity index (χ4n) is 1.93. The lowest BCUT2D eigenvalue weighted by atomic mass is 10.1. The van der Waals surface area contributed by atoms with Crippen LogP contribution in [0.4, 0.5) is 0 Å². The van der Waals surface area contributed by atoms with Gasteiger partial charge in [0.15, 0.2) is 0 Å². The molecule has 84 valence electrons. The number of nitrogens with one attached hydrogen (secondary N) is 1. The molecule has 0 unspecified atom stereocenters. The van der Waals surface area contributed by atoms with E-state index >= 15 is 0 Å². The predicted molar refractivity (Wildman–Crippen MR) is 63.7 cm³/mol. The molecule has 0 aliphatic heterocycles. The first-order chi connectivity index (χ1) is 7.58. The highest BCUT2D eigenvalue weighted by Gasteiger charge is 2.06. The predicted octanol–water partition coefficient (Wildman–Crippen LogP) is 2.80. The number of rotatable bonds is 3. The monoisotopic (exact) mass is 217 g/mol. The second kappa shape index (κ2) is 4.00. The van der Waals surface area contributed by atoms with Crippen LogP contribution in [0.2, 0.25) is 0 Å². The van der Waals surface area contributed by atoms with Gasteiger partial charge in [0.25, 0.3) is 0 Å². The van der Waals surface area contributed by atoms with E-state index in [1.807, 2.05) is 0 Å². The number of H-pyrrole nitrogens is 1. The SMILES string of the molecule is Cc1ccc(C)c2[nH]c(CCC(=O)O)cc12. The first-order valence-corrected chi connectivity index (χ1v) is 5.37. The van der Waals surface area contributed by atoms with Crippen molar-refractivity contribution in [3.05, 3.63) is 35.0 Å². The van der Waals surface area contributed by atoms with Crippen molar-refractivity contribution < 1.29 is 9.90 Å². The topological polar surface area (TPSA) is 53.1 Å². The van der Waals surface area contributed by atoms with Crippen molar-refractivity contribution in [2.45, 2.75) is 26.7 Å². The van der Waals surface area contributed by atoms with Crippen LogP contribution in [0.15, 0.2) is 18.2 Å². The second-order valence-electron chi connectivity index (χ2n) is 4.18. The maximum absolute atomic E-state index is 10.5. The first-order valence-electron chi connectivity index (χ1n) is 5.37. The zero-order chi connectivity index (χ0) is 11.7. The van der Waals surface area contributed by atoms with Gasteiger partial charge in [-0.05, 0) is 37.5 Å². The third kappa shape index (κ3) is 1.94. The molecule has 0 radical (unpaired) electrons. The van der Waals surface area contributed by atoms with E-state index in [0.29, 0.717) is 6.42 Å². The zero-order valence-corrected chi connectivity index (χ0v) is 9.50. The molecule has 0 amide bonds. The van der Waals surface area contributed by atoms with Gasteiger partial charge in [-0.3, -0.25) is 4.79 Å². The summed E-state index contributed by atoms with van der Waals surface area (Å²) in [6, 6.07) is 6.22. The van der Waals surface area contributed by atoms with Gasteiger partial charge in [-0.25, -0.2) is 0 Å². The van der Waals surface area contributed by atoms with E-state index in [1.54, 1.807) is 0 Å². The van der Waals surface area contributed by atoms with Crippen molar-refractivity contribution in [2.24, 2.45) is 0 Å². The van der Waals surface area contributed by atoms with Gasteiger partial charge in [0.2, 0.25) is 0 Å². The standard InChI is InChI=1S/C13H15NO2/c1-8-3-4-9(2)13-11(8)7-10(14-13)5-6-12(15)16/h3-4,7,14H,5-6H2,1-2H3,(H,15,16). The first kappa shape index (κ1) is 10.7. The van der Waals surface area contributed by atoms with Crippen molar-refractivity contribution in [1.29, 1.82) is 0 Å². The molecule has 0 aliphatic carbocycles. The Kier molecular flexibility index (Phi) is 2.69. The molecule has 3 nitrogen and oxygen atoms in total. The molecule has 0 saturated heterocycles. The van der Waals surface area contributed by atoms with Crippen molar-refractivity contribution in [1.82, 2.24) is 4.98 Å². The minimum Gasteiger partial charge on any atom is -0.481 e. The maximum atomic E-state index is 10.5. The Morgan fingerprint density at radius 3 is 2.62 bits per heavy atom. The van der Waals surface area contributed by atoms with E-state index in [0.717, 1.165) is 11.2 Å². The number of hydrogen-bond acceptors (Lipinski definition) is 1. The minimum atomic E-state index is -0.757. The number of aromatic amines is 1. The summed E-state index contributed by atoms with van der Waals surface area (Å²) in [7, 11) is 0. The highest BCUT2D eigenvalue weighted by atomic mass is 16.4. The molecule has 3 heteroatoms. The number of aromatic nitrogens is 1. The fourth-order valence-corrected chi connectivity index (χ4v) is 1.93. The third-order valence-corrected chi connectivity index (χ3v) is 2.88. The highest BCUT2D eigenvalue weighted by molar-refractivity contribution is 5.86. The van der Waals surface area contributed by atoms with Crippen LogP contribution in [0.5, 0.6) is 0 Å². The summed E-state index contributed by atoms with van der Waals surface area (Å²) >= 11 is 0. The number of aliphatic carboxylic acids is 1. The number of fused-ring (bicyclic) bond motifs is 1. The molecular weight excluding hydrogens is 202 g/mol. The number of carboxylic acids is 1. The molecule has 2 rings (SSSR count). The van der Waals surface area contributed by atoms with Crippen LogP contribution < -0.4 is 0 Å². The quantitative estimate of drug-likeness (QED) is 0.830. The summed E-state index contributed by atoms with van der Waals surface area (Å²) in [6.07, 6.45) is 0.730. The summed E-state index contributed by atoms with van der Waals surface area (Å²) in [4.78, 5) is 13.8. The van der Waals surface area contributed by atoms with Crippen molar-refractivity contribution in [3.63, 3.8) is 0 Å². The molecule has 0 aliphatic rings. The molecule has 2 aromatic rings. The molecule has 0 atom stereocenters. The summed E-state index contributed by atoms with van der Waals surface area (Å²) in [5, 5.41) is 9.84. The van der Waals surface area contributed by atoms with Gasteiger partial charge >= 0.3 is 5.97 Å². The molecule has 0 spiro atoms. The largest absolute Gasteiger partial charge is 0.481 e. The minimum absolute atomic E-state index is 0.172. The molecule has 0 saturated carbocycles. The Bertz CT molecular complexity index is 501. The smallest absolute Gasteiger partial charge is 0.303 e. The Labute approximate surface area is 94.1 Å². The Balaban J connectivity index is 2.39. The second-order valence-corrected chi connectivity index (χ2v) is 4.18. The van der Waals surface area contributed by atoms with E-state index in [9.17, 15) is 4.79 Å². The van der Waals surface area contributed by atoms with Gasteiger partial charge in [-0.15, -0.1) is 0 Å². The van der Waals surface area contributed by atoms with Gasteiger partial charge in [-0.2, -0.15) is 0 Å². The Morgan fingerprint density at radius 1 is 1.31 bits per heavy atom. The number of carbonyl (C=O) groups is 1. The zero-order valence-electron chi connectivity index (χ0n) is 9.50. The molecule has 0 fully saturated rings. The normalized spacial score (nSPS) is 10.9. The third-order valence-electron chi connectivity index (χ3n) is 2.88. The summed E-state index contributed by atoms with van der Waals surface area (Å²) in [6.45, 7) is 4.12. The molecule has 1 heterocycles. The summed E-state index contributed by atoms with van der Waals surface area (Å²) in [5.41, 5.74) is 4.54. The molecule has 0 bridgehead atoms. The van der Waals surface area contributed by atoms with Crippen LogP contribution in [-0.4, -0.2) is 16.1 Å². The number of aryl methyl sites for hydroxylation is 3. The van der Waals surface area contributed by atoms with Crippen LogP contribution in [0, 0.1) is 13.8 Å². The molecule has 1 aromatic heterocycles. The van der Waals surface area contributed by atoms with E-state index < -0.39 is 5.97 Å². The van der Waals surface area contributed by atoms with Gasteiger partial charge in [0, 0.05) is 16.6 Å². The van der Waals surface area contributed by atoms with Crippen LogP contribution in [0.1, 0.15) is 23.2 Å². The average Bonchev–Trinajstić information content (AvgIpc) is 2.66. The highest BCUT2D eigenvalue weighted by Crippen LogP contribution is 2.23. The van der Waals surface area contributed by atoms with E-state index in [4.69, 9.17) is 5.11 Å². The lowest BCUT2D eigenvalue weighted by Crippen LogP contribution is -1.97. The van der Waals surface area contributed by atoms with Crippen LogP contribution >= 0.6 is 0 Å². The van der Waals surface area contributed by atoms with Crippen molar-refractivity contribution in [2.75, 3.05) is 0 Å². The van der Waals surface area contributed by atoms with Crippen LogP contribution in [0.3, 0.4) is 0 Å². The van der Waals surface area contributed by atoms with Crippen molar-refractivity contribution in [3.8, 4) is 0 Å². The fraction of sp³-hybridized carbons (Fsp3) is 0.308. The Morgan fingerprint density at radius 2 is 2.00 bits per heavy atom. The van der Waals surface area contributed by atoms with Crippen LogP contribution in [-0.2, 0) is 11.2 Å². The maximum Gasteiger partial charge on any atom is 0.303 e. The Hall–Kier alpha value is -1.77. The van der Waals surface area contributed by atoms with Gasteiger partial charge in [-0.1, -0.05) is 12.1 Å². The van der Waals surface area contributed by atoms with Gasteiger partial charge in [0.05, 0.1) is 6.42 Å². The molecule has 1 aromatic carbocycles. The molecular formula is C13H15NO2. The number of benzene rings is 1. The number of carboxylic acid groups (broad SMARTS) is 1. The van der Waals surface area contributed by atoms with E-state index in [2.05, 4.69) is 37.0 Å².